The van der Waals surface area contributed by atoms with Gasteiger partial charge >= 0.3 is 0 Å². The van der Waals surface area contributed by atoms with E-state index >= 15 is 0 Å². The normalized spacial score (nSPS) is 28.3. The van der Waals surface area contributed by atoms with Gasteiger partial charge in [0.25, 0.3) is 0 Å². The number of rotatable bonds is 8. The van der Waals surface area contributed by atoms with Crippen molar-refractivity contribution in [2.45, 2.75) is 88.8 Å². The van der Waals surface area contributed by atoms with Crippen LogP contribution >= 0.6 is 0 Å². The molecule has 0 unspecified atom stereocenters. The average Bonchev–Trinajstić information content (AvgIpc) is 2.71. The smallest absolute Gasteiger partial charge is 0.228 e. The molecule has 3 rings (SSSR count). The number of benzene rings is 1. The van der Waals surface area contributed by atoms with Crippen molar-refractivity contribution in [2.24, 2.45) is 11.8 Å². The maximum atomic E-state index is 14.0. The Labute approximate surface area is 169 Å². The molecule has 0 N–H and O–H groups in total. The Hall–Kier alpha value is -0.973. The van der Waals surface area contributed by atoms with Gasteiger partial charge in [-0.05, 0) is 61.1 Å². The van der Waals surface area contributed by atoms with E-state index in [4.69, 9.17) is 0 Å². The molecule has 1 aliphatic heterocycles. The molecule has 1 heterocycles. The first-order valence-electron chi connectivity index (χ1n) is 11.3. The van der Waals surface area contributed by atoms with Crippen LogP contribution in [0, 0.1) is 23.5 Å². The number of ether oxygens (including phenoxy) is 1. The van der Waals surface area contributed by atoms with Crippen LogP contribution in [0.3, 0.4) is 0 Å². The van der Waals surface area contributed by atoms with Crippen molar-refractivity contribution in [3.8, 4) is 5.75 Å². The molecule has 1 saturated heterocycles. The Bertz CT molecular complexity index is 585. The largest absolute Gasteiger partial charge is 0.457 e. The maximum absolute atomic E-state index is 14.0. The SMILES string of the molecule is CCCCC[SiH]1CCC(C2CCC(c3cc(F)c(OCF)c(F)c3)CC2)CC1. The third-order valence-electron chi connectivity index (χ3n) is 7.24. The van der Waals surface area contributed by atoms with Gasteiger partial charge in [0.15, 0.2) is 17.4 Å². The predicted molar refractivity (Wildman–Crippen MR) is 111 cm³/mol. The lowest BCUT2D eigenvalue weighted by Gasteiger charge is -2.37. The first kappa shape index (κ1) is 21.7. The number of hydrogen-bond acceptors (Lipinski definition) is 1. The molecule has 1 aliphatic carbocycles. The first-order chi connectivity index (χ1) is 13.6. The molecule has 1 saturated carbocycles. The highest BCUT2D eigenvalue weighted by Crippen LogP contribution is 2.44. The lowest BCUT2D eigenvalue weighted by molar-refractivity contribution is 0.176. The van der Waals surface area contributed by atoms with Crippen molar-refractivity contribution in [3.63, 3.8) is 0 Å². The Morgan fingerprint density at radius 2 is 1.54 bits per heavy atom. The molecule has 0 atom stereocenters. The van der Waals surface area contributed by atoms with Crippen LogP contribution < -0.4 is 4.74 Å². The van der Waals surface area contributed by atoms with Crippen LogP contribution in [0.2, 0.25) is 18.1 Å². The zero-order valence-corrected chi connectivity index (χ0v) is 18.4. The number of hydrogen-bond donors (Lipinski definition) is 0. The maximum Gasteiger partial charge on any atom is 0.228 e. The van der Waals surface area contributed by atoms with Gasteiger partial charge in [0.1, 0.15) is 0 Å². The van der Waals surface area contributed by atoms with Gasteiger partial charge in [0.2, 0.25) is 6.86 Å². The fourth-order valence-electron chi connectivity index (χ4n) is 5.56. The van der Waals surface area contributed by atoms with Crippen molar-refractivity contribution in [2.75, 3.05) is 6.86 Å². The van der Waals surface area contributed by atoms with E-state index in [9.17, 15) is 13.2 Å². The lowest BCUT2D eigenvalue weighted by atomic mass is 9.72. The molecule has 2 fully saturated rings. The van der Waals surface area contributed by atoms with Gasteiger partial charge in [-0.15, -0.1) is 0 Å². The molecule has 0 aromatic heterocycles. The summed E-state index contributed by atoms with van der Waals surface area (Å²) in [6.07, 6.45) is 11.4. The van der Waals surface area contributed by atoms with Crippen molar-refractivity contribution in [1.29, 1.82) is 0 Å². The van der Waals surface area contributed by atoms with E-state index < -0.39 is 33.0 Å². The summed E-state index contributed by atoms with van der Waals surface area (Å²) in [4.78, 5) is 0. The van der Waals surface area contributed by atoms with Crippen LogP contribution in [0.5, 0.6) is 5.75 Å². The summed E-state index contributed by atoms with van der Waals surface area (Å²) in [5.41, 5.74) is 0.701. The van der Waals surface area contributed by atoms with Gasteiger partial charge in [-0.25, -0.2) is 13.2 Å². The van der Waals surface area contributed by atoms with E-state index in [1.165, 1.54) is 69.2 Å². The van der Waals surface area contributed by atoms with Crippen LogP contribution in [0.25, 0.3) is 0 Å². The molecule has 0 bridgehead atoms. The standard InChI is InChI=1S/C23H35F3OSi/c1-2-3-4-11-28-12-9-19(10-13-28)17-5-7-18(8-6-17)20-14-21(25)23(27-16-24)22(26)15-20/h14-15,17-19,28H,2-13,16H2,1H3. The summed E-state index contributed by atoms with van der Waals surface area (Å²) < 4.78 is 44.8. The van der Waals surface area contributed by atoms with Gasteiger partial charge in [0.05, 0.1) is 0 Å². The third kappa shape index (κ3) is 5.55. The Balaban J connectivity index is 1.47. The fraction of sp³-hybridized carbons (Fsp3) is 0.739. The van der Waals surface area contributed by atoms with E-state index in [2.05, 4.69) is 11.7 Å². The monoisotopic (exact) mass is 412 g/mol. The molecule has 0 radical (unpaired) electrons. The minimum absolute atomic E-state index is 0.208. The van der Waals surface area contributed by atoms with Crippen LogP contribution in [0.4, 0.5) is 13.2 Å². The minimum Gasteiger partial charge on any atom is -0.457 e. The Kier molecular flexibility index (Phi) is 8.31. The van der Waals surface area contributed by atoms with Gasteiger partial charge in [0, 0.05) is 8.80 Å². The molecular formula is C23H35F3OSi. The van der Waals surface area contributed by atoms with E-state index in [-0.39, 0.29) is 5.92 Å². The van der Waals surface area contributed by atoms with E-state index in [0.717, 1.165) is 24.7 Å². The van der Waals surface area contributed by atoms with Gasteiger partial charge in [-0.1, -0.05) is 57.2 Å². The number of alkyl halides is 1. The second-order valence-corrected chi connectivity index (χ2v) is 12.4. The Morgan fingerprint density at radius 3 is 2.11 bits per heavy atom. The van der Waals surface area contributed by atoms with Crippen molar-refractivity contribution in [3.05, 3.63) is 29.3 Å². The van der Waals surface area contributed by atoms with E-state index in [0.29, 0.717) is 5.56 Å². The Morgan fingerprint density at radius 1 is 0.929 bits per heavy atom. The topological polar surface area (TPSA) is 9.23 Å². The molecule has 1 aromatic rings. The summed E-state index contributed by atoms with van der Waals surface area (Å²) in [6.45, 7) is 1.06. The van der Waals surface area contributed by atoms with Gasteiger partial charge < -0.3 is 4.74 Å². The van der Waals surface area contributed by atoms with Crippen LogP contribution in [-0.4, -0.2) is 15.7 Å². The summed E-state index contributed by atoms with van der Waals surface area (Å²) in [5, 5.41) is 0. The van der Waals surface area contributed by atoms with Crippen LogP contribution in [-0.2, 0) is 0 Å². The second-order valence-electron chi connectivity index (χ2n) is 8.96. The number of unbranched alkanes of at least 4 members (excludes halogenated alkanes) is 2. The molecule has 158 valence electrons. The van der Waals surface area contributed by atoms with Gasteiger partial charge in [-0.2, -0.15) is 0 Å². The molecule has 1 aromatic carbocycles. The number of halogens is 3. The van der Waals surface area contributed by atoms with Crippen molar-refractivity contribution >= 4 is 8.80 Å². The fourth-order valence-corrected chi connectivity index (χ4v) is 9.09. The summed E-state index contributed by atoms with van der Waals surface area (Å²) in [7, 11) is -0.456. The summed E-state index contributed by atoms with van der Waals surface area (Å²) in [5.74, 6) is -0.295. The van der Waals surface area contributed by atoms with Crippen molar-refractivity contribution < 1.29 is 17.9 Å². The molecule has 1 nitrogen and oxygen atoms in total. The molecule has 28 heavy (non-hydrogen) atoms. The highest BCUT2D eigenvalue weighted by Gasteiger charge is 2.32. The molecular weight excluding hydrogens is 377 g/mol. The minimum atomic E-state index is -1.22. The lowest BCUT2D eigenvalue weighted by Crippen LogP contribution is -2.28. The quantitative estimate of drug-likeness (QED) is 0.320. The molecule has 0 spiro atoms. The van der Waals surface area contributed by atoms with Crippen molar-refractivity contribution in [1.82, 2.24) is 0 Å². The van der Waals surface area contributed by atoms with E-state index in [1.807, 2.05) is 0 Å². The zero-order valence-electron chi connectivity index (χ0n) is 17.2. The second kappa shape index (κ2) is 10.7. The van der Waals surface area contributed by atoms with Crippen LogP contribution in [0.15, 0.2) is 12.1 Å². The molecule has 5 heteroatoms. The predicted octanol–water partition coefficient (Wildman–Crippen LogP) is 7.37. The highest BCUT2D eigenvalue weighted by molar-refractivity contribution is 6.58. The van der Waals surface area contributed by atoms with Crippen LogP contribution in [0.1, 0.15) is 76.2 Å². The average molecular weight is 413 g/mol. The zero-order chi connectivity index (χ0) is 19.9. The highest BCUT2D eigenvalue weighted by atomic mass is 28.3. The summed E-state index contributed by atoms with van der Waals surface area (Å²) in [6, 6.07) is 7.28. The first-order valence-corrected chi connectivity index (χ1v) is 13.7. The third-order valence-corrected chi connectivity index (χ3v) is 10.8. The van der Waals surface area contributed by atoms with Gasteiger partial charge in [-0.3, -0.25) is 0 Å². The molecule has 0 amide bonds. The summed E-state index contributed by atoms with van der Waals surface area (Å²) >= 11 is 0. The molecule has 2 aliphatic rings. The van der Waals surface area contributed by atoms with E-state index in [1.54, 1.807) is 6.04 Å².